The highest BCUT2D eigenvalue weighted by atomic mass is 35.5. The number of hydrogen-bond donors (Lipinski definition) is 1. The maximum absolute atomic E-state index is 5.84. The van der Waals surface area contributed by atoms with E-state index in [0.29, 0.717) is 23.4 Å². The average molecular weight is 226 g/mol. The van der Waals surface area contributed by atoms with Gasteiger partial charge < -0.3 is 10.5 Å². The van der Waals surface area contributed by atoms with Crippen molar-refractivity contribution in [3.8, 4) is 0 Å². The first-order chi connectivity index (χ1) is 7.25. The molecule has 1 aliphatic carbocycles. The van der Waals surface area contributed by atoms with E-state index in [1.165, 1.54) is 25.7 Å². The van der Waals surface area contributed by atoms with Gasteiger partial charge in [0.1, 0.15) is 0 Å². The number of hydrogen-bond acceptors (Lipinski definition) is 2. The fraction of sp³-hybridized carbons (Fsp3) is 0.500. The Kier molecular flexibility index (Phi) is 3.49. The van der Waals surface area contributed by atoms with Gasteiger partial charge in [-0.15, -0.1) is 0 Å². The van der Waals surface area contributed by atoms with Crippen molar-refractivity contribution in [3.05, 3.63) is 28.8 Å². The van der Waals surface area contributed by atoms with Crippen LogP contribution in [0.5, 0.6) is 0 Å². The van der Waals surface area contributed by atoms with Crippen LogP contribution in [0.3, 0.4) is 0 Å². The number of nitrogens with two attached hydrogens (primary N) is 1. The summed E-state index contributed by atoms with van der Waals surface area (Å²) in [6.07, 6.45) is 5.44. The smallest absolute Gasteiger partial charge is 0.0721 e. The summed E-state index contributed by atoms with van der Waals surface area (Å²) in [5.41, 5.74) is 7.45. The second-order valence-corrected chi connectivity index (χ2v) is 4.48. The number of benzene rings is 1. The van der Waals surface area contributed by atoms with Crippen molar-refractivity contribution < 1.29 is 4.74 Å². The van der Waals surface area contributed by atoms with Gasteiger partial charge in [0.2, 0.25) is 0 Å². The molecule has 0 radical (unpaired) electrons. The quantitative estimate of drug-likeness (QED) is 0.801. The SMILES string of the molecule is Nc1cc(COC2CCCC2)ccc1Cl. The van der Waals surface area contributed by atoms with Crippen LogP contribution < -0.4 is 5.73 Å². The van der Waals surface area contributed by atoms with E-state index >= 15 is 0 Å². The van der Waals surface area contributed by atoms with E-state index in [0.717, 1.165) is 5.56 Å². The van der Waals surface area contributed by atoms with Gasteiger partial charge in [0.05, 0.1) is 23.4 Å². The third-order valence-corrected chi connectivity index (χ3v) is 3.19. The molecule has 1 aliphatic rings. The summed E-state index contributed by atoms with van der Waals surface area (Å²) in [5, 5.41) is 0.611. The molecule has 0 heterocycles. The minimum Gasteiger partial charge on any atom is -0.398 e. The molecule has 0 aromatic heterocycles. The van der Waals surface area contributed by atoms with E-state index in [1.54, 1.807) is 0 Å². The lowest BCUT2D eigenvalue weighted by Crippen LogP contribution is -2.07. The van der Waals surface area contributed by atoms with Gasteiger partial charge in [-0.05, 0) is 30.5 Å². The topological polar surface area (TPSA) is 35.2 Å². The Bertz CT molecular complexity index is 334. The highest BCUT2D eigenvalue weighted by Gasteiger charge is 2.15. The van der Waals surface area contributed by atoms with E-state index in [4.69, 9.17) is 22.1 Å². The Balaban J connectivity index is 1.90. The van der Waals surface area contributed by atoms with Gasteiger partial charge in [0.15, 0.2) is 0 Å². The molecule has 82 valence electrons. The highest BCUT2D eigenvalue weighted by molar-refractivity contribution is 6.33. The van der Waals surface area contributed by atoms with Crippen molar-refractivity contribution in [2.75, 3.05) is 5.73 Å². The molecule has 1 saturated carbocycles. The zero-order valence-corrected chi connectivity index (χ0v) is 9.46. The first-order valence-electron chi connectivity index (χ1n) is 5.41. The number of anilines is 1. The molecular formula is C12H16ClNO. The summed E-state index contributed by atoms with van der Waals surface area (Å²) >= 11 is 5.84. The van der Waals surface area contributed by atoms with Crippen molar-refractivity contribution in [3.63, 3.8) is 0 Å². The van der Waals surface area contributed by atoms with Crippen molar-refractivity contribution >= 4 is 17.3 Å². The van der Waals surface area contributed by atoms with Crippen LogP contribution in [0, 0.1) is 0 Å². The van der Waals surface area contributed by atoms with Crippen LogP contribution in [0.25, 0.3) is 0 Å². The summed E-state index contributed by atoms with van der Waals surface area (Å²) < 4.78 is 5.79. The largest absolute Gasteiger partial charge is 0.398 e. The first kappa shape index (κ1) is 10.8. The van der Waals surface area contributed by atoms with Crippen molar-refractivity contribution in [2.24, 2.45) is 0 Å². The molecule has 15 heavy (non-hydrogen) atoms. The average Bonchev–Trinajstić information content (AvgIpc) is 2.73. The molecule has 0 amide bonds. The predicted molar refractivity (Wildman–Crippen MR) is 62.9 cm³/mol. The summed E-state index contributed by atoms with van der Waals surface area (Å²) in [4.78, 5) is 0. The lowest BCUT2D eigenvalue weighted by molar-refractivity contribution is 0.0457. The minimum atomic E-state index is 0.446. The Morgan fingerprint density at radius 2 is 2.07 bits per heavy atom. The van der Waals surface area contributed by atoms with E-state index in [2.05, 4.69) is 0 Å². The van der Waals surface area contributed by atoms with Gasteiger partial charge >= 0.3 is 0 Å². The molecule has 2 N–H and O–H groups in total. The van der Waals surface area contributed by atoms with Gasteiger partial charge in [-0.1, -0.05) is 30.5 Å². The number of ether oxygens (including phenoxy) is 1. The maximum Gasteiger partial charge on any atom is 0.0721 e. The van der Waals surface area contributed by atoms with Crippen LogP contribution in [0.15, 0.2) is 18.2 Å². The molecule has 0 saturated heterocycles. The van der Waals surface area contributed by atoms with Gasteiger partial charge in [-0.25, -0.2) is 0 Å². The van der Waals surface area contributed by atoms with Crippen molar-refractivity contribution in [1.82, 2.24) is 0 Å². The zero-order valence-electron chi connectivity index (χ0n) is 8.71. The molecule has 1 fully saturated rings. The molecule has 2 rings (SSSR count). The Morgan fingerprint density at radius 1 is 1.33 bits per heavy atom. The number of halogens is 1. The zero-order chi connectivity index (χ0) is 10.7. The predicted octanol–water partition coefficient (Wildman–Crippen LogP) is 3.38. The van der Waals surface area contributed by atoms with Gasteiger partial charge in [0.25, 0.3) is 0 Å². The summed E-state index contributed by atoms with van der Waals surface area (Å²) in [7, 11) is 0. The van der Waals surface area contributed by atoms with E-state index < -0.39 is 0 Å². The molecule has 0 bridgehead atoms. The molecule has 2 nitrogen and oxygen atoms in total. The number of nitrogen functional groups attached to an aromatic ring is 1. The van der Waals surface area contributed by atoms with Crippen LogP contribution in [0.1, 0.15) is 31.2 Å². The highest BCUT2D eigenvalue weighted by Crippen LogP contribution is 2.24. The molecule has 1 aromatic carbocycles. The molecule has 0 aliphatic heterocycles. The van der Waals surface area contributed by atoms with Crippen LogP contribution in [0.4, 0.5) is 5.69 Å². The third kappa shape index (κ3) is 2.86. The summed E-state index contributed by atoms with van der Waals surface area (Å²) in [5.74, 6) is 0. The van der Waals surface area contributed by atoms with Crippen LogP contribution in [-0.2, 0) is 11.3 Å². The third-order valence-electron chi connectivity index (χ3n) is 2.85. The second-order valence-electron chi connectivity index (χ2n) is 4.07. The fourth-order valence-corrected chi connectivity index (χ4v) is 2.07. The van der Waals surface area contributed by atoms with Gasteiger partial charge in [-0.3, -0.25) is 0 Å². The lowest BCUT2D eigenvalue weighted by atomic mass is 10.2. The van der Waals surface area contributed by atoms with E-state index in [1.807, 2.05) is 18.2 Å². The first-order valence-corrected chi connectivity index (χ1v) is 5.79. The molecule has 1 aromatic rings. The second kappa shape index (κ2) is 4.86. The fourth-order valence-electron chi connectivity index (χ4n) is 1.95. The lowest BCUT2D eigenvalue weighted by Gasteiger charge is -2.11. The van der Waals surface area contributed by atoms with Crippen LogP contribution in [-0.4, -0.2) is 6.10 Å². The standard InChI is InChI=1S/C12H16ClNO/c13-11-6-5-9(7-12(11)14)8-15-10-3-1-2-4-10/h5-7,10H,1-4,8,14H2. The van der Waals surface area contributed by atoms with Gasteiger partial charge in [-0.2, -0.15) is 0 Å². The number of rotatable bonds is 3. The van der Waals surface area contributed by atoms with Crippen LogP contribution >= 0.6 is 11.6 Å². The normalized spacial score (nSPS) is 17.1. The minimum absolute atomic E-state index is 0.446. The molecule has 0 atom stereocenters. The molecule has 0 unspecified atom stereocenters. The maximum atomic E-state index is 5.84. The molecule has 0 spiro atoms. The van der Waals surface area contributed by atoms with E-state index in [-0.39, 0.29) is 0 Å². The Labute approximate surface area is 95.4 Å². The molecule has 3 heteroatoms. The Hall–Kier alpha value is -0.730. The monoisotopic (exact) mass is 225 g/mol. The van der Waals surface area contributed by atoms with Crippen molar-refractivity contribution in [2.45, 2.75) is 38.4 Å². The Morgan fingerprint density at radius 3 is 2.73 bits per heavy atom. The summed E-state index contributed by atoms with van der Waals surface area (Å²) in [6, 6.07) is 5.68. The van der Waals surface area contributed by atoms with Gasteiger partial charge in [0, 0.05) is 0 Å². The van der Waals surface area contributed by atoms with Crippen LogP contribution in [0.2, 0.25) is 5.02 Å². The van der Waals surface area contributed by atoms with Crippen molar-refractivity contribution in [1.29, 1.82) is 0 Å². The van der Waals surface area contributed by atoms with E-state index in [9.17, 15) is 0 Å². The summed E-state index contributed by atoms with van der Waals surface area (Å²) in [6.45, 7) is 0.645. The molecular weight excluding hydrogens is 210 g/mol.